The van der Waals surface area contributed by atoms with Gasteiger partial charge in [-0.2, -0.15) is 5.10 Å². The number of nitrogens with zero attached hydrogens (tertiary/aromatic N) is 2. The van der Waals surface area contributed by atoms with Gasteiger partial charge in [0.05, 0.1) is 11.7 Å². The lowest BCUT2D eigenvalue weighted by atomic mass is 9.97. The second-order valence-corrected chi connectivity index (χ2v) is 5.25. The van der Waals surface area contributed by atoms with Gasteiger partial charge in [0, 0.05) is 17.8 Å². The zero-order chi connectivity index (χ0) is 14.8. The molecular weight excluding hydrogens is 265 g/mol. The van der Waals surface area contributed by atoms with Crippen molar-refractivity contribution in [2.75, 3.05) is 7.05 Å². The number of hydrogen-bond acceptors (Lipinski definition) is 2. The number of rotatable bonds is 4. The van der Waals surface area contributed by atoms with Gasteiger partial charge >= 0.3 is 0 Å². The van der Waals surface area contributed by atoms with Crippen LogP contribution in [0.1, 0.15) is 22.7 Å². The second-order valence-electron chi connectivity index (χ2n) is 5.25. The lowest BCUT2D eigenvalue weighted by Crippen LogP contribution is -2.19. The summed E-state index contributed by atoms with van der Waals surface area (Å²) in [6.07, 6.45) is 4.64. The van der Waals surface area contributed by atoms with Crippen LogP contribution in [0.2, 0.25) is 0 Å². The van der Waals surface area contributed by atoms with Crippen LogP contribution >= 0.6 is 0 Å². The minimum atomic E-state index is -0.187. The third-order valence-electron chi connectivity index (χ3n) is 3.91. The summed E-state index contributed by atoms with van der Waals surface area (Å²) in [6, 6.07) is 11.1. The molecule has 0 radical (unpaired) electrons. The average molecular weight is 283 g/mol. The van der Waals surface area contributed by atoms with E-state index in [0.717, 1.165) is 28.6 Å². The van der Waals surface area contributed by atoms with Gasteiger partial charge in [0.15, 0.2) is 0 Å². The quantitative estimate of drug-likeness (QED) is 0.796. The van der Waals surface area contributed by atoms with E-state index >= 15 is 0 Å². The number of fused-ring (bicyclic) bond motifs is 1. The number of hydrogen-bond donors (Lipinski definition) is 1. The summed E-state index contributed by atoms with van der Waals surface area (Å²) >= 11 is 0. The van der Waals surface area contributed by atoms with Gasteiger partial charge in [0.1, 0.15) is 5.82 Å². The zero-order valence-corrected chi connectivity index (χ0v) is 12.2. The highest BCUT2D eigenvalue weighted by Crippen LogP contribution is 2.24. The van der Waals surface area contributed by atoms with Gasteiger partial charge < -0.3 is 5.32 Å². The summed E-state index contributed by atoms with van der Waals surface area (Å²) in [5.41, 5.74) is 4.37. The van der Waals surface area contributed by atoms with Gasteiger partial charge in [-0.15, -0.1) is 0 Å². The molecule has 2 heterocycles. The number of aryl methyl sites for hydroxylation is 1. The molecule has 0 saturated carbocycles. The predicted molar refractivity (Wildman–Crippen MR) is 81.8 cm³/mol. The van der Waals surface area contributed by atoms with Crippen molar-refractivity contribution in [1.82, 2.24) is 14.9 Å². The molecule has 3 aromatic rings. The first-order chi connectivity index (χ1) is 10.2. The summed E-state index contributed by atoms with van der Waals surface area (Å²) < 4.78 is 15.1. The van der Waals surface area contributed by atoms with E-state index in [2.05, 4.69) is 16.5 Å². The summed E-state index contributed by atoms with van der Waals surface area (Å²) in [5, 5.41) is 7.72. The molecule has 0 aliphatic carbocycles. The van der Waals surface area contributed by atoms with E-state index in [4.69, 9.17) is 0 Å². The SMILES string of the molecule is CNC(Cc1ccc(F)cc1C)c1cnn2ccccc12. The molecule has 108 valence electrons. The van der Waals surface area contributed by atoms with Crippen LogP contribution in [0.5, 0.6) is 0 Å². The molecule has 0 aliphatic rings. The minimum Gasteiger partial charge on any atom is -0.313 e. The van der Waals surface area contributed by atoms with Crippen molar-refractivity contribution in [3.63, 3.8) is 0 Å². The first-order valence-corrected chi connectivity index (χ1v) is 7.03. The maximum absolute atomic E-state index is 13.2. The third kappa shape index (κ3) is 2.67. The second kappa shape index (κ2) is 5.66. The Morgan fingerprint density at radius 2 is 2.14 bits per heavy atom. The summed E-state index contributed by atoms with van der Waals surface area (Å²) in [6.45, 7) is 1.95. The Balaban J connectivity index is 1.95. The molecule has 3 nitrogen and oxygen atoms in total. The maximum atomic E-state index is 13.2. The van der Waals surface area contributed by atoms with Gasteiger partial charge in [-0.1, -0.05) is 12.1 Å². The van der Waals surface area contributed by atoms with Crippen molar-refractivity contribution in [1.29, 1.82) is 0 Å². The molecular formula is C17H18FN3. The highest BCUT2D eigenvalue weighted by atomic mass is 19.1. The molecule has 0 amide bonds. The van der Waals surface area contributed by atoms with Crippen molar-refractivity contribution < 1.29 is 4.39 Å². The highest BCUT2D eigenvalue weighted by Gasteiger charge is 2.16. The van der Waals surface area contributed by atoms with E-state index in [9.17, 15) is 4.39 Å². The topological polar surface area (TPSA) is 29.3 Å². The van der Waals surface area contributed by atoms with Crippen LogP contribution in [0.4, 0.5) is 4.39 Å². The van der Waals surface area contributed by atoms with E-state index in [-0.39, 0.29) is 11.9 Å². The Labute approximate surface area is 123 Å². The van der Waals surface area contributed by atoms with Crippen LogP contribution in [0, 0.1) is 12.7 Å². The lowest BCUT2D eigenvalue weighted by molar-refractivity contribution is 0.590. The highest BCUT2D eigenvalue weighted by molar-refractivity contribution is 5.55. The maximum Gasteiger partial charge on any atom is 0.123 e. The van der Waals surface area contributed by atoms with Crippen LogP contribution in [-0.4, -0.2) is 16.7 Å². The molecule has 1 unspecified atom stereocenters. The Morgan fingerprint density at radius 1 is 1.29 bits per heavy atom. The number of likely N-dealkylation sites (N-methyl/N-ethyl adjacent to an activating group) is 1. The molecule has 0 spiro atoms. The van der Waals surface area contributed by atoms with Crippen LogP contribution in [0.25, 0.3) is 5.52 Å². The minimum absolute atomic E-state index is 0.147. The molecule has 0 fully saturated rings. The Kier molecular flexibility index (Phi) is 3.71. The normalized spacial score (nSPS) is 12.7. The molecule has 4 heteroatoms. The van der Waals surface area contributed by atoms with Crippen LogP contribution in [-0.2, 0) is 6.42 Å². The van der Waals surface area contributed by atoms with Gasteiger partial charge in [-0.05, 0) is 55.8 Å². The van der Waals surface area contributed by atoms with Crippen LogP contribution in [0.15, 0.2) is 48.8 Å². The monoisotopic (exact) mass is 283 g/mol. The fourth-order valence-corrected chi connectivity index (χ4v) is 2.70. The number of halogens is 1. The van der Waals surface area contributed by atoms with Crippen LogP contribution < -0.4 is 5.32 Å². The molecule has 21 heavy (non-hydrogen) atoms. The Morgan fingerprint density at radius 3 is 2.90 bits per heavy atom. The van der Waals surface area contributed by atoms with E-state index < -0.39 is 0 Å². The van der Waals surface area contributed by atoms with E-state index in [1.807, 2.05) is 49.1 Å². The molecule has 1 atom stereocenters. The van der Waals surface area contributed by atoms with Gasteiger partial charge in [0.25, 0.3) is 0 Å². The zero-order valence-electron chi connectivity index (χ0n) is 12.2. The summed E-state index contributed by atoms with van der Waals surface area (Å²) in [4.78, 5) is 0. The van der Waals surface area contributed by atoms with Gasteiger partial charge in [-0.3, -0.25) is 0 Å². The molecule has 0 saturated heterocycles. The fraction of sp³-hybridized carbons (Fsp3) is 0.235. The standard InChI is InChI=1S/C17H18FN3/c1-12-9-14(18)7-6-13(12)10-16(19-2)15-11-20-21-8-4-3-5-17(15)21/h3-9,11,16,19H,10H2,1-2H3. The molecule has 2 aromatic heterocycles. The molecule has 1 aromatic carbocycles. The van der Waals surface area contributed by atoms with Crippen molar-refractivity contribution in [2.45, 2.75) is 19.4 Å². The Hall–Kier alpha value is -2.20. The number of benzene rings is 1. The van der Waals surface area contributed by atoms with E-state index in [0.29, 0.717) is 0 Å². The summed E-state index contributed by atoms with van der Waals surface area (Å²) in [5.74, 6) is -0.187. The third-order valence-corrected chi connectivity index (χ3v) is 3.91. The van der Waals surface area contributed by atoms with E-state index in [1.165, 1.54) is 6.07 Å². The number of pyridine rings is 1. The van der Waals surface area contributed by atoms with Crippen LogP contribution in [0.3, 0.4) is 0 Å². The predicted octanol–water partition coefficient (Wildman–Crippen LogP) is 3.29. The molecule has 0 bridgehead atoms. The molecule has 3 rings (SSSR count). The first kappa shape index (κ1) is 13.8. The fourth-order valence-electron chi connectivity index (χ4n) is 2.70. The largest absolute Gasteiger partial charge is 0.313 e. The molecule has 1 N–H and O–H groups in total. The number of nitrogens with one attached hydrogen (secondary N) is 1. The Bertz CT molecular complexity index is 764. The van der Waals surface area contributed by atoms with Gasteiger partial charge in [-0.25, -0.2) is 8.91 Å². The van der Waals surface area contributed by atoms with Crippen molar-refractivity contribution in [3.05, 3.63) is 71.3 Å². The van der Waals surface area contributed by atoms with Crippen molar-refractivity contribution in [3.8, 4) is 0 Å². The first-order valence-electron chi connectivity index (χ1n) is 7.03. The van der Waals surface area contributed by atoms with Gasteiger partial charge in [0.2, 0.25) is 0 Å². The van der Waals surface area contributed by atoms with Crippen molar-refractivity contribution in [2.24, 2.45) is 0 Å². The van der Waals surface area contributed by atoms with E-state index in [1.54, 1.807) is 6.07 Å². The van der Waals surface area contributed by atoms with Crippen molar-refractivity contribution >= 4 is 5.52 Å². The average Bonchev–Trinajstić information content (AvgIpc) is 2.91. The number of aromatic nitrogens is 2. The lowest BCUT2D eigenvalue weighted by Gasteiger charge is -2.17. The molecule has 0 aliphatic heterocycles. The summed E-state index contributed by atoms with van der Waals surface area (Å²) in [7, 11) is 1.94. The smallest absolute Gasteiger partial charge is 0.123 e.